The predicted octanol–water partition coefficient (Wildman–Crippen LogP) is 3.79. The molecule has 0 saturated heterocycles. The fraction of sp³-hybridized carbons (Fsp3) is 0.706. The minimum atomic E-state index is -5.48. The van der Waals surface area contributed by atoms with Crippen LogP contribution >= 0.6 is 0 Å². The van der Waals surface area contributed by atoms with Crippen LogP contribution < -0.4 is 5.19 Å². The molecule has 0 amide bonds. The van der Waals surface area contributed by atoms with Gasteiger partial charge in [-0.15, -0.1) is 0 Å². The van der Waals surface area contributed by atoms with Crippen LogP contribution in [0.2, 0.25) is 0 Å². The van der Waals surface area contributed by atoms with Gasteiger partial charge in [-0.2, -0.15) is 12.1 Å². The number of hydrogen-bond acceptors (Lipinski definition) is 3. The molecule has 0 unspecified atom stereocenters. The molecule has 0 aliphatic heterocycles. The molecule has 0 atom stereocenters. The van der Waals surface area contributed by atoms with Gasteiger partial charge in [-0.3, -0.25) is 0 Å². The summed E-state index contributed by atoms with van der Waals surface area (Å²) >= 11 is 0. The number of aliphatic hydroxyl groups excluding tert-OH is 3. The molecule has 0 aromatic heterocycles. The molecule has 0 saturated carbocycles. The van der Waals surface area contributed by atoms with Crippen molar-refractivity contribution in [2.24, 2.45) is 0 Å². The van der Waals surface area contributed by atoms with E-state index < -0.39 is 14.3 Å². The monoisotopic (exact) mass is 461 g/mol. The molecule has 0 aliphatic rings. The molecule has 0 heterocycles. The van der Waals surface area contributed by atoms with Crippen LogP contribution in [0.4, 0.5) is 12.3 Å². The predicted molar refractivity (Wildman–Crippen MR) is 96.7 cm³/mol. The number of rotatable bonds is 7. The second-order valence-corrected chi connectivity index (χ2v) is 6.48. The first kappa shape index (κ1) is 32.8. The van der Waals surface area contributed by atoms with Crippen LogP contribution in [-0.2, 0) is 26.2 Å². The minimum absolute atomic E-state index is 0. The Morgan fingerprint density at radius 1 is 0.720 bits per heavy atom. The second-order valence-electron chi connectivity index (χ2n) is 4.90. The fourth-order valence-electron chi connectivity index (χ4n) is 1.04. The SMILES string of the molecule is CCCCO.CCCCO.CCCCO.F[Si](F)(F)[c-]1cccc1.[Zr]. The number of aliphatic hydroxyl groups is 3. The van der Waals surface area contributed by atoms with E-state index in [1.807, 2.05) is 0 Å². The normalized spacial score (nSPS) is 9.32. The van der Waals surface area contributed by atoms with E-state index in [4.69, 9.17) is 15.3 Å². The van der Waals surface area contributed by atoms with Crippen molar-refractivity contribution in [1.82, 2.24) is 0 Å². The number of halogens is 3. The van der Waals surface area contributed by atoms with Crippen molar-refractivity contribution in [3.05, 3.63) is 24.3 Å². The molecular formula is C17H34F3O3SiZr-. The summed E-state index contributed by atoms with van der Waals surface area (Å²) in [5, 5.41) is 23.8. The Kier molecular flexibility index (Phi) is 34.5. The van der Waals surface area contributed by atoms with Gasteiger partial charge >= 0.3 is 9.08 Å². The van der Waals surface area contributed by atoms with Crippen molar-refractivity contribution in [2.45, 2.75) is 59.3 Å². The third kappa shape index (κ3) is 32.3. The Labute approximate surface area is 171 Å². The molecule has 1 rings (SSSR count). The van der Waals surface area contributed by atoms with Gasteiger partial charge in [-0.1, -0.05) is 45.2 Å². The van der Waals surface area contributed by atoms with Crippen molar-refractivity contribution in [2.75, 3.05) is 19.8 Å². The average Bonchev–Trinajstić information content (AvgIpc) is 3.06. The van der Waals surface area contributed by atoms with Gasteiger partial charge in [0.1, 0.15) is 0 Å². The molecule has 3 N–H and O–H groups in total. The topological polar surface area (TPSA) is 60.7 Å². The van der Waals surface area contributed by atoms with Gasteiger partial charge in [0, 0.05) is 46.0 Å². The summed E-state index contributed by atoms with van der Waals surface area (Å²) in [7, 11) is -5.48. The van der Waals surface area contributed by atoms with Crippen LogP contribution in [0.25, 0.3) is 0 Å². The second kappa shape index (κ2) is 26.4. The van der Waals surface area contributed by atoms with Crippen molar-refractivity contribution < 1.29 is 53.8 Å². The molecule has 0 bridgehead atoms. The Morgan fingerprint density at radius 3 is 1.08 bits per heavy atom. The van der Waals surface area contributed by atoms with Crippen molar-refractivity contribution >= 4 is 14.3 Å². The molecule has 1 aromatic carbocycles. The van der Waals surface area contributed by atoms with Crippen LogP contribution in [0.5, 0.6) is 0 Å². The van der Waals surface area contributed by atoms with Crippen LogP contribution in [0.3, 0.4) is 0 Å². The zero-order valence-corrected chi connectivity index (χ0v) is 19.1. The molecule has 25 heavy (non-hydrogen) atoms. The van der Waals surface area contributed by atoms with Gasteiger partial charge in [0.2, 0.25) is 0 Å². The summed E-state index contributed by atoms with van der Waals surface area (Å²) in [5.41, 5.74) is 0. The van der Waals surface area contributed by atoms with E-state index in [0.717, 1.165) is 50.7 Å². The zero-order chi connectivity index (χ0) is 19.3. The van der Waals surface area contributed by atoms with Gasteiger partial charge in [0.15, 0.2) is 0 Å². The van der Waals surface area contributed by atoms with Crippen LogP contribution in [0.15, 0.2) is 24.3 Å². The van der Waals surface area contributed by atoms with Gasteiger partial charge < -0.3 is 15.3 Å². The summed E-state index contributed by atoms with van der Waals surface area (Å²) in [6, 6.07) is 5.00. The van der Waals surface area contributed by atoms with E-state index in [1.54, 1.807) is 0 Å². The quantitative estimate of drug-likeness (QED) is 0.328. The molecule has 0 radical (unpaired) electrons. The van der Waals surface area contributed by atoms with Gasteiger partial charge in [0.25, 0.3) is 0 Å². The Balaban J connectivity index is -0.000000122. The first-order valence-electron chi connectivity index (χ1n) is 8.46. The Morgan fingerprint density at radius 2 is 1.00 bits per heavy atom. The molecule has 1 aromatic rings. The third-order valence-corrected chi connectivity index (χ3v) is 3.51. The summed E-state index contributed by atoms with van der Waals surface area (Å²) in [6.45, 7) is 7.19. The van der Waals surface area contributed by atoms with E-state index in [9.17, 15) is 12.3 Å². The first-order chi connectivity index (χ1) is 11.3. The van der Waals surface area contributed by atoms with Crippen molar-refractivity contribution in [3.8, 4) is 0 Å². The van der Waals surface area contributed by atoms with Gasteiger partial charge in [-0.25, -0.2) is 24.5 Å². The summed E-state index contributed by atoms with van der Waals surface area (Å²) in [6.07, 6.45) is 6.11. The maximum absolute atomic E-state index is 11.8. The smallest absolute Gasteiger partial charge is 0.396 e. The van der Waals surface area contributed by atoms with E-state index >= 15 is 0 Å². The third-order valence-electron chi connectivity index (χ3n) is 2.53. The first-order valence-corrected chi connectivity index (χ1v) is 10.1. The number of hydrogen-bond donors (Lipinski definition) is 3. The summed E-state index contributed by atoms with van der Waals surface area (Å²) < 4.78 is 35.3. The standard InChI is InChI=1S/C5H4F3Si.3C4H10O.Zr/c6-9(7,8)5-3-1-2-4-5;3*1-2-3-4-5;/h1-4H;3*5H,2-4H2,1H3;/q-1;;;;. The zero-order valence-electron chi connectivity index (χ0n) is 15.6. The Hall–Kier alpha value is 0.120. The largest absolute Gasteiger partial charge is 0.584 e. The van der Waals surface area contributed by atoms with E-state index in [2.05, 4.69) is 20.8 Å². The molecule has 0 spiro atoms. The maximum atomic E-state index is 11.8. The molecule has 3 nitrogen and oxygen atoms in total. The van der Waals surface area contributed by atoms with E-state index in [1.165, 1.54) is 12.1 Å². The molecule has 150 valence electrons. The van der Waals surface area contributed by atoms with Crippen LogP contribution in [-0.4, -0.2) is 44.2 Å². The van der Waals surface area contributed by atoms with Crippen LogP contribution in [0.1, 0.15) is 59.3 Å². The van der Waals surface area contributed by atoms with Crippen LogP contribution in [0, 0.1) is 0 Å². The van der Waals surface area contributed by atoms with Gasteiger partial charge in [0.05, 0.1) is 0 Å². The van der Waals surface area contributed by atoms with E-state index in [0.29, 0.717) is 19.8 Å². The molecular weight excluding hydrogens is 428 g/mol. The van der Waals surface area contributed by atoms with Gasteiger partial charge in [-0.05, 0) is 19.3 Å². The number of unbranched alkanes of at least 4 members (excludes halogenated alkanes) is 3. The fourth-order valence-corrected chi connectivity index (χ4v) is 1.61. The summed E-state index contributed by atoms with van der Waals surface area (Å²) in [4.78, 5) is 0. The van der Waals surface area contributed by atoms with E-state index in [-0.39, 0.29) is 26.2 Å². The molecule has 0 aliphatic carbocycles. The molecule has 8 heteroatoms. The maximum Gasteiger partial charge on any atom is 0.584 e. The Bertz CT molecular complexity index is 290. The minimum Gasteiger partial charge on any atom is -0.396 e. The molecule has 0 fully saturated rings. The average molecular weight is 463 g/mol. The summed E-state index contributed by atoms with van der Waals surface area (Å²) in [5.74, 6) is 0. The van der Waals surface area contributed by atoms with Crippen molar-refractivity contribution in [3.63, 3.8) is 0 Å². The van der Waals surface area contributed by atoms with Crippen molar-refractivity contribution in [1.29, 1.82) is 0 Å².